The molecule has 0 aliphatic rings. The summed E-state index contributed by atoms with van der Waals surface area (Å²) in [5, 5.41) is 8.48. The van der Waals surface area contributed by atoms with Crippen LogP contribution in [0.3, 0.4) is 0 Å². The van der Waals surface area contributed by atoms with E-state index in [2.05, 4.69) is 11.7 Å². The van der Waals surface area contributed by atoms with E-state index >= 15 is 0 Å². The second-order valence-electron chi connectivity index (χ2n) is 4.12. The smallest absolute Gasteiger partial charge is 0.450 e. The normalized spacial score (nSPS) is 12.3. The van der Waals surface area contributed by atoms with Crippen LogP contribution in [-0.2, 0) is 14.2 Å². The summed E-state index contributed by atoms with van der Waals surface area (Å²) in [5.74, 6) is 0. The number of hydrogen-bond donors (Lipinski definition) is 1. The van der Waals surface area contributed by atoms with Crippen molar-refractivity contribution in [1.82, 2.24) is 0 Å². The lowest BCUT2D eigenvalue weighted by atomic mass is 10.1. The van der Waals surface area contributed by atoms with E-state index < -0.39 is 6.16 Å². The van der Waals surface area contributed by atoms with Crippen LogP contribution in [0.2, 0.25) is 0 Å². The van der Waals surface area contributed by atoms with Crippen LogP contribution in [0.4, 0.5) is 4.79 Å². The molecule has 0 aliphatic heterocycles. The van der Waals surface area contributed by atoms with Gasteiger partial charge in [-0.15, -0.1) is 0 Å². The Morgan fingerprint density at radius 2 is 1.94 bits per heavy atom. The quantitative estimate of drug-likeness (QED) is 0.432. The van der Waals surface area contributed by atoms with Crippen molar-refractivity contribution in [3.8, 4) is 0 Å². The number of hydrogen-bond acceptors (Lipinski definition) is 4. The van der Waals surface area contributed by atoms with Gasteiger partial charge in [0.05, 0.1) is 19.3 Å². The van der Waals surface area contributed by atoms with Gasteiger partial charge in [-0.2, -0.15) is 0 Å². The van der Waals surface area contributed by atoms with E-state index in [4.69, 9.17) is 14.6 Å². The van der Waals surface area contributed by atoms with Gasteiger partial charge in [-0.3, -0.25) is 0 Å². The minimum atomic E-state index is -1.25. The zero-order valence-corrected chi connectivity index (χ0v) is 11.5. The van der Waals surface area contributed by atoms with Crippen LogP contribution in [0, 0.1) is 0 Å². The first-order valence-corrected chi connectivity index (χ1v) is 6.75. The number of unbranched alkanes of at least 4 members (excludes halogenated alkanes) is 3. The van der Waals surface area contributed by atoms with Crippen LogP contribution in [0.15, 0.2) is 0 Å². The maximum absolute atomic E-state index is 10.4. The molecule has 0 aromatic rings. The molecule has 0 rings (SSSR count). The van der Waals surface area contributed by atoms with Crippen LogP contribution >= 0.6 is 0 Å². The Kier molecular flexibility index (Phi) is 12.1. The predicted octanol–water partition coefficient (Wildman–Crippen LogP) is 3.07. The van der Waals surface area contributed by atoms with Crippen molar-refractivity contribution in [3.63, 3.8) is 0 Å². The van der Waals surface area contributed by atoms with E-state index in [0.717, 1.165) is 19.3 Å². The van der Waals surface area contributed by atoms with Crippen LogP contribution in [0.1, 0.15) is 46.0 Å². The Morgan fingerprint density at radius 3 is 2.56 bits per heavy atom. The molecule has 0 radical (unpaired) electrons. The minimum Gasteiger partial charge on any atom is -0.450 e. The summed E-state index contributed by atoms with van der Waals surface area (Å²) in [4.78, 5) is 10.4. The lowest BCUT2D eigenvalue weighted by molar-refractivity contribution is -0.0326. The van der Waals surface area contributed by atoms with E-state index in [1.165, 1.54) is 12.8 Å². The molecular formula is C13H26O5. The molecule has 0 aromatic carbocycles. The predicted molar refractivity (Wildman–Crippen MR) is 69.0 cm³/mol. The summed E-state index contributed by atoms with van der Waals surface area (Å²) in [6.07, 6.45) is 4.00. The average Bonchev–Trinajstić information content (AvgIpc) is 2.35. The van der Waals surface area contributed by atoms with Gasteiger partial charge in [0.15, 0.2) is 0 Å². The number of carboxylic acid groups (broad SMARTS) is 1. The fourth-order valence-electron chi connectivity index (χ4n) is 1.60. The van der Waals surface area contributed by atoms with Gasteiger partial charge in [0.25, 0.3) is 0 Å². The monoisotopic (exact) mass is 262 g/mol. The molecule has 18 heavy (non-hydrogen) atoms. The Hall–Kier alpha value is -0.810. The molecule has 0 fully saturated rings. The zero-order chi connectivity index (χ0) is 13.6. The van der Waals surface area contributed by atoms with Crippen molar-refractivity contribution in [2.45, 2.75) is 52.1 Å². The van der Waals surface area contributed by atoms with E-state index in [0.29, 0.717) is 19.8 Å². The largest absolute Gasteiger partial charge is 0.505 e. The first kappa shape index (κ1) is 17.2. The van der Waals surface area contributed by atoms with Gasteiger partial charge in [-0.1, -0.05) is 32.6 Å². The second kappa shape index (κ2) is 12.6. The summed E-state index contributed by atoms with van der Waals surface area (Å²) in [6, 6.07) is 0. The highest BCUT2D eigenvalue weighted by Crippen LogP contribution is 2.09. The van der Waals surface area contributed by atoms with Gasteiger partial charge in [0.2, 0.25) is 0 Å². The van der Waals surface area contributed by atoms with Crippen LogP contribution in [0.5, 0.6) is 0 Å². The minimum absolute atomic E-state index is 0.105. The molecule has 0 saturated carbocycles. The third kappa shape index (κ3) is 11.7. The third-order valence-corrected chi connectivity index (χ3v) is 2.56. The molecule has 0 aliphatic carbocycles. The number of ether oxygens (including phenoxy) is 3. The van der Waals surface area contributed by atoms with E-state index in [9.17, 15) is 4.79 Å². The highest BCUT2D eigenvalue weighted by atomic mass is 16.7. The highest BCUT2D eigenvalue weighted by Gasteiger charge is 2.11. The molecule has 108 valence electrons. The molecule has 1 unspecified atom stereocenters. The molecule has 0 bridgehead atoms. The topological polar surface area (TPSA) is 65.0 Å². The fourth-order valence-corrected chi connectivity index (χ4v) is 1.60. The van der Waals surface area contributed by atoms with Crippen molar-refractivity contribution in [2.24, 2.45) is 0 Å². The molecule has 0 heterocycles. The van der Waals surface area contributed by atoms with Gasteiger partial charge in [-0.05, 0) is 13.3 Å². The Bertz CT molecular complexity index is 184. The van der Waals surface area contributed by atoms with Crippen molar-refractivity contribution in [2.75, 3.05) is 26.4 Å². The van der Waals surface area contributed by atoms with E-state index in [1.807, 2.05) is 6.92 Å². The molecule has 0 saturated heterocycles. The lowest BCUT2D eigenvalue weighted by Crippen LogP contribution is -2.23. The Balaban J connectivity index is 3.73. The lowest BCUT2D eigenvalue weighted by Gasteiger charge is -2.17. The second-order valence-corrected chi connectivity index (χ2v) is 4.12. The molecule has 0 spiro atoms. The molecule has 5 nitrogen and oxygen atoms in total. The van der Waals surface area contributed by atoms with Gasteiger partial charge >= 0.3 is 6.16 Å². The molecule has 1 atom stereocenters. The summed E-state index contributed by atoms with van der Waals surface area (Å²) < 4.78 is 15.3. The van der Waals surface area contributed by atoms with Crippen molar-refractivity contribution < 1.29 is 24.1 Å². The van der Waals surface area contributed by atoms with Crippen molar-refractivity contribution in [1.29, 1.82) is 0 Å². The summed E-state index contributed by atoms with van der Waals surface area (Å²) >= 11 is 0. The summed E-state index contributed by atoms with van der Waals surface area (Å²) in [5.41, 5.74) is 0. The van der Waals surface area contributed by atoms with Gasteiger partial charge < -0.3 is 19.3 Å². The molecule has 5 heteroatoms. The third-order valence-electron chi connectivity index (χ3n) is 2.56. The standard InChI is InChI=1S/C13H26O5/c1-3-5-6-7-8-12(11-18-13(14)15)17-10-9-16-4-2/h12H,3-11H2,1-2H3,(H,14,15). The zero-order valence-electron chi connectivity index (χ0n) is 11.5. The maximum Gasteiger partial charge on any atom is 0.505 e. The van der Waals surface area contributed by atoms with Crippen LogP contribution < -0.4 is 0 Å². The average molecular weight is 262 g/mol. The fraction of sp³-hybridized carbons (Fsp3) is 0.923. The van der Waals surface area contributed by atoms with Crippen LogP contribution in [-0.4, -0.2) is 43.8 Å². The van der Waals surface area contributed by atoms with Gasteiger partial charge in [0.1, 0.15) is 6.61 Å². The molecule has 0 aromatic heterocycles. The molecule has 1 N–H and O–H groups in total. The van der Waals surface area contributed by atoms with E-state index in [1.54, 1.807) is 0 Å². The van der Waals surface area contributed by atoms with Crippen LogP contribution in [0.25, 0.3) is 0 Å². The molecule has 0 amide bonds. The number of carbonyl (C=O) groups is 1. The van der Waals surface area contributed by atoms with E-state index in [-0.39, 0.29) is 12.7 Å². The summed E-state index contributed by atoms with van der Waals surface area (Å²) in [6.45, 7) is 5.87. The molecular weight excluding hydrogens is 236 g/mol. The van der Waals surface area contributed by atoms with Crippen molar-refractivity contribution in [3.05, 3.63) is 0 Å². The Morgan fingerprint density at radius 1 is 1.17 bits per heavy atom. The number of rotatable bonds is 12. The first-order valence-electron chi connectivity index (χ1n) is 6.75. The first-order chi connectivity index (χ1) is 8.70. The summed E-state index contributed by atoms with van der Waals surface area (Å²) in [7, 11) is 0. The maximum atomic E-state index is 10.4. The Labute approximate surface area is 109 Å². The SMILES string of the molecule is CCCCCCC(COC(=O)O)OCCOCC. The van der Waals surface area contributed by atoms with Gasteiger partial charge in [-0.25, -0.2) is 4.79 Å². The highest BCUT2D eigenvalue weighted by molar-refractivity contribution is 5.56. The van der Waals surface area contributed by atoms with Gasteiger partial charge in [0, 0.05) is 6.61 Å². The van der Waals surface area contributed by atoms with Crippen molar-refractivity contribution >= 4 is 6.16 Å².